The Kier molecular flexibility index (Phi) is 8.21. The summed E-state index contributed by atoms with van der Waals surface area (Å²) in [5.41, 5.74) is 0.557. The molecule has 0 saturated carbocycles. The molecule has 0 atom stereocenters. The molecule has 0 aliphatic heterocycles. The SMILES string of the molecule is CCOC(=O)c1csc(CN(CCOC)C(=O)c2c(OC)cccc2OC)n1. The average molecular weight is 408 g/mol. The molecule has 2 aromatic rings. The summed E-state index contributed by atoms with van der Waals surface area (Å²) in [6, 6.07) is 5.15. The van der Waals surface area contributed by atoms with E-state index in [1.807, 2.05) is 0 Å². The molecule has 0 bridgehead atoms. The highest BCUT2D eigenvalue weighted by molar-refractivity contribution is 7.09. The van der Waals surface area contributed by atoms with Crippen molar-refractivity contribution in [3.8, 4) is 11.5 Å². The molecule has 1 amide bonds. The summed E-state index contributed by atoms with van der Waals surface area (Å²) in [6.07, 6.45) is 0. The van der Waals surface area contributed by atoms with E-state index in [1.54, 1.807) is 42.5 Å². The van der Waals surface area contributed by atoms with Gasteiger partial charge in [-0.1, -0.05) is 6.07 Å². The standard InChI is InChI=1S/C19H24N2O6S/c1-5-27-19(23)13-12-28-16(20-13)11-21(9-10-24-2)18(22)17-14(25-3)7-6-8-15(17)26-4/h6-8,12H,5,9-11H2,1-4H3. The van der Waals surface area contributed by atoms with Crippen molar-refractivity contribution in [3.63, 3.8) is 0 Å². The van der Waals surface area contributed by atoms with Gasteiger partial charge in [-0.2, -0.15) is 0 Å². The molecule has 0 fully saturated rings. The number of hydrogen-bond donors (Lipinski definition) is 0. The lowest BCUT2D eigenvalue weighted by Gasteiger charge is -2.23. The number of thiazole rings is 1. The Hall–Kier alpha value is -2.65. The zero-order valence-corrected chi connectivity index (χ0v) is 17.2. The Balaban J connectivity index is 2.29. The van der Waals surface area contributed by atoms with Gasteiger partial charge in [0, 0.05) is 19.0 Å². The highest BCUT2D eigenvalue weighted by Gasteiger charge is 2.25. The van der Waals surface area contributed by atoms with Crippen molar-refractivity contribution < 1.29 is 28.5 Å². The maximum Gasteiger partial charge on any atom is 0.357 e. The van der Waals surface area contributed by atoms with Gasteiger partial charge in [-0.15, -0.1) is 11.3 Å². The summed E-state index contributed by atoms with van der Waals surface area (Å²) >= 11 is 1.29. The lowest BCUT2D eigenvalue weighted by molar-refractivity contribution is 0.0520. The largest absolute Gasteiger partial charge is 0.496 e. The van der Waals surface area contributed by atoms with Gasteiger partial charge in [0.1, 0.15) is 22.1 Å². The van der Waals surface area contributed by atoms with Crippen molar-refractivity contribution >= 4 is 23.2 Å². The van der Waals surface area contributed by atoms with Gasteiger partial charge in [0.15, 0.2) is 5.69 Å². The molecule has 8 nitrogen and oxygen atoms in total. The highest BCUT2D eigenvalue weighted by Crippen LogP contribution is 2.30. The molecule has 1 heterocycles. The third-order valence-corrected chi connectivity index (χ3v) is 4.69. The number of carbonyl (C=O) groups is 2. The monoisotopic (exact) mass is 408 g/mol. The number of carbonyl (C=O) groups excluding carboxylic acids is 2. The normalized spacial score (nSPS) is 10.4. The van der Waals surface area contributed by atoms with Crippen LogP contribution in [0, 0.1) is 0 Å². The van der Waals surface area contributed by atoms with Gasteiger partial charge in [0.2, 0.25) is 0 Å². The van der Waals surface area contributed by atoms with Crippen LogP contribution in [0.25, 0.3) is 0 Å². The van der Waals surface area contributed by atoms with Gasteiger partial charge in [0.25, 0.3) is 5.91 Å². The van der Waals surface area contributed by atoms with Crippen LogP contribution in [0.1, 0.15) is 32.8 Å². The van der Waals surface area contributed by atoms with Gasteiger partial charge in [-0.25, -0.2) is 9.78 Å². The van der Waals surface area contributed by atoms with E-state index in [0.29, 0.717) is 35.2 Å². The second-order valence-electron chi connectivity index (χ2n) is 5.60. The van der Waals surface area contributed by atoms with Crippen LogP contribution in [0.3, 0.4) is 0 Å². The first kappa shape index (κ1) is 21.6. The molecule has 0 radical (unpaired) electrons. The molecule has 0 saturated heterocycles. The Bertz CT molecular complexity index is 785. The summed E-state index contributed by atoms with van der Waals surface area (Å²) in [5, 5.41) is 2.23. The number of rotatable bonds is 10. The van der Waals surface area contributed by atoms with Crippen molar-refractivity contribution in [1.29, 1.82) is 0 Å². The Morgan fingerprint density at radius 3 is 2.39 bits per heavy atom. The molecule has 9 heteroatoms. The predicted octanol–water partition coefficient (Wildman–Crippen LogP) is 2.63. The van der Waals surface area contributed by atoms with E-state index >= 15 is 0 Å². The van der Waals surface area contributed by atoms with Crippen molar-refractivity contribution in [2.45, 2.75) is 13.5 Å². The molecule has 0 spiro atoms. The van der Waals surface area contributed by atoms with E-state index in [1.165, 1.54) is 25.6 Å². The van der Waals surface area contributed by atoms with Crippen molar-refractivity contribution in [3.05, 3.63) is 39.8 Å². The lowest BCUT2D eigenvalue weighted by atomic mass is 10.1. The van der Waals surface area contributed by atoms with Crippen LogP contribution in [0.5, 0.6) is 11.5 Å². The predicted molar refractivity (Wildman–Crippen MR) is 104 cm³/mol. The fourth-order valence-corrected chi connectivity index (χ4v) is 3.30. The fraction of sp³-hybridized carbons (Fsp3) is 0.421. The molecular weight excluding hydrogens is 384 g/mol. The van der Waals surface area contributed by atoms with Crippen LogP contribution in [-0.4, -0.2) is 62.8 Å². The summed E-state index contributed by atoms with van der Waals surface area (Å²) < 4.78 is 20.8. The smallest absolute Gasteiger partial charge is 0.357 e. The number of aromatic nitrogens is 1. The minimum absolute atomic E-state index is 0.216. The number of ether oxygens (including phenoxy) is 4. The second kappa shape index (κ2) is 10.6. The van der Waals surface area contributed by atoms with Crippen LogP contribution >= 0.6 is 11.3 Å². The van der Waals surface area contributed by atoms with Gasteiger partial charge in [-0.05, 0) is 19.1 Å². The topological polar surface area (TPSA) is 87.2 Å². The summed E-state index contributed by atoms with van der Waals surface area (Å²) in [7, 11) is 4.56. The first-order chi connectivity index (χ1) is 13.5. The highest BCUT2D eigenvalue weighted by atomic mass is 32.1. The van der Waals surface area contributed by atoms with Gasteiger partial charge >= 0.3 is 5.97 Å². The van der Waals surface area contributed by atoms with E-state index in [0.717, 1.165) is 0 Å². The molecule has 152 valence electrons. The summed E-state index contributed by atoms with van der Waals surface area (Å²) in [5.74, 6) is 0.0710. The minimum atomic E-state index is -0.480. The zero-order chi connectivity index (χ0) is 20.5. The molecule has 1 aromatic carbocycles. The zero-order valence-electron chi connectivity index (χ0n) is 16.4. The number of esters is 1. The first-order valence-corrected chi connectivity index (χ1v) is 9.54. The quantitative estimate of drug-likeness (QED) is 0.559. The minimum Gasteiger partial charge on any atom is -0.496 e. The Labute approximate surface area is 168 Å². The second-order valence-corrected chi connectivity index (χ2v) is 6.55. The molecule has 0 unspecified atom stereocenters. The van der Waals surface area contributed by atoms with E-state index < -0.39 is 5.97 Å². The molecular formula is C19H24N2O6S. The van der Waals surface area contributed by atoms with Crippen LogP contribution in [0.15, 0.2) is 23.6 Å². The van der Waals surface area contributed by atoms with E-state index in [9.17, 15) is 9.59 Å². The van der Waals surface area contributed by atoms with E-state index in [2.05, 4.69) is 4.98 Å². The van der Waals surface area contributed by atoms with Crippen LogP contribution < -0.4 is 9.47 Å². The molecule has 0 aliphatic carbocycles. The lowest BCUT2D eigenvalue weighted by Crippen LogP contribution is -2.34. The number of methoxy groups -OCH3 is 3. The van der Waals surface area contributed by atoms with Crippen LogP contribution in [0.2, 0.25) is 0 Å². The molecule has 2 rings (SSSR count). The Morgan fingerprint density at radius 1 is 1.14 bits per heavy atom. The number of amides is 1. The molecule has 0 N–H and O–H groups in total. The first-order valence-electron chi connectivity index (χ1n) is 8.66. The third kappa shape index (κ3) is 5.20. The number of hydrogen-bond acceptors (Lipinski definition) is 8. The van der Waals surface area contributed by atoms with Crippen LogP contribution in [-0.2, 0) is 16.0 Å². The molecule has 1 aromatic heterocycles. The number of benzene rings is 1. The van der Waals surface area contributed by atoms with Gasteiger partial charge < -0.3 is 23.8 Å². The van der Waals surface area contributed by atoms with Gasteiger partial charge in [0.05, 0.1) is 34.0 Å². The maximum atomic E-state index is 13.3. The molecule has 0 aliphatic rings. The fourth-order valence-electron chi connectivity index (χ4n) is 2.52. The Morgan fingerprint density at radius 2 is 1.82 bits per heavy atom. The summed E-state index contributed by atoms with van der Waals surface area (Å²) in [4.78, 5) is 30.9. The summed E-state index contributed by atoms with van der Waals surface area (Å²) in [6.45, 7) is 2.91. The van der Waals surface area contributed by atoms with E-state index in [4.69, 9.17) is 18.9 Å². The molecule has 28 heavy (non-hydrogen) atoms. The maximum absolute atomic E-state index is 13.3. The third-order valence-electron chi connectivity index (χ3n) is 3.86. The van der Waals surface area contributed by atoms with Crippen LogP contribution in [0.4, 0.5) is 0 Å². The van der Waals surface area contributed by atoms with E-state index in [-0.39, 0.29) is 24.8 Å². The van der Waals surface area contributed by atoms with Crippen molar-refractivity contribution in [2.24, 2.45) is 0 Å². The number of nitrogens with zero attached hydrogens (tertiary/aromatic N) is 2. The van der Waals surface area contributed by atoms with Gasteiger partial charge in [-0.3, -0.25) is 4.79 Å². The van der Waals surface area contributed by atoms with Crippen molar-refractivity contribution in [2.75, 3.05) is 41.1 Å². The van der Waals surface area contributed by atoms with Crippen molar-refractivity contribution in [1.82, 2.24) is 9.88 Å². The average Bonchev–Trinajstić information content (AvgIpc) is 3.18.